The Bertz CT molecular complexity index is 847. The van der Waals surface area contributed by atoms with Crippen molar-refractivity contribution in [1.82, 2.24) is 0 Å². The molecule has 2 rings (SSSR count). The van der Waals surface area contributed by atoms with Gasteiger partial charge in [-0.3, -0.25) is 19.7 Å². The maximum atomic E-state index is 12.0. The summed E-state index contributed by atoms with van der Waals surface area (Å²) in [4.78, 5) is 34.1. The Hall–Kier alpha value is -2.26. The van der Waals surface area contributed by atoms with Crippen LogP contribution in [0.15, 0.2) is 45.3 Å². The molecule has 1 N–H and O–H groups in total. The molecule has 0 saturated heterocycles. The molecule has 0 aliphatic rings. The number of aryl methyl sites for hydroxylation is 1. The van der Waals surface area contributed by atoms with Gasteiger partial charge in [-0.15, -0.1) is 0 Å². The van der Waals surface area contributed by atoms with Crippen molar-refractivity contribution in [2.45, 2.75) is 13.3 Å². The highest BCUT2D eigenvalue weighted by Crippen LogP contribution is 2.35. The maximum Gasteiger partial charge on any atom is 0.310 e. The van der Waals surface area contributed by atoms with Crippen LogP contribution in [0.3, 0.4) is 0 Å². The van der Waals surface area contributed by atoms with Crippen molar-refractivity contribution in [2.24, 2.45) is 0 Å². The van der Waals surface area contributed by atoms with E-state index >= 15 is 0 Å². The van der Waals surface area contributed by atoms with Gasteiger partial charge in [-0.05, 0) is 49.9 Å². The Labute approximate surface area is 166 Å². The largest absolute Gasteiger partial charge is 0.455 e. The summed E-state index contributed by atoms with van der Waals surface area (Å²) in [5.74, 6) is -1.07. The summed E-state index contributed by atoms with van der Waals surface area (Å²) in [7, 11) is 0. The van der Waals surface area contributed by atoms with E-state index in [-0.39, 0.29) is 12.1 Å². The number of carbonyl (C=O) groups excluding carboxylic acids is 2. The number of halogens is 2. The molecule has 0 aliphatic carbocycles. The molecule has 26 heavy (non-hydrogen) atoms. The third-order valence-electron chi connectivity index (χ3n) is 3.46. The van der Waals surface area contributed by atoms with Crippen molar-refractivity contribution in [1.29, 1.82) is 0 Å². The SMILES string of the molecule is Cc1ccccc1CC(=O)OCC(=O)Nc1c(Br)cc([N+](=O)[O-])cc1Br. The minimum atomic E-state index is -0.557. The number of non-ortho nitro benzene ring substituents is 1. The number of hydrogen-bond acceptors (Lipinski definition) is 5. The van der Waals surface area contributed by atoms with E-state index in [1.807, 2.05) is 31.2 Å². The van der Waals surface area contributed by atoms with Crippen LogP contribution in [0.4, 0.5) is 11.4 Å². The Morgan fingerprint density at radius 1 is 1.19 bits per heavy atom. The average Bonchev–Trinajstić information content (AvgIpc) is 2.58. The number of carbonyl (C=O) groups is 2. The van der Waals surface area contributed by atoms with E-state index in [1.165, 1.54) is 12.1 Å². The van der Waals surface area contributed by atoms with Crippen molar-refractivity contribution in [3.05, 3.63) is 66.6 Å². The van der Waals surface area contributed by atoms with E-state index in [0.717, 1.165) is 11.1 Å². The molecule has 0 radical (unpaired) electrons. The molecule has 0 spiro atoms. The number of ether oxygens (including phenoxy) is 1. The highest BCUT2D eigenvalue weighted by atomic mass is 79.9. The van der Waals surface area contributed by atoms with Crippen molar-refractivity contribution in [3.8, 4) is 0 Å². The van der Waals surface area contributed by atoms with Crippen molar-refractivity contribution < 1.29 is 19.2 Å². The molecule has 136 valence electrons. The number of amides is 1. The highest BCUT2D eigenvalue weighted by molar-refractivity contribution is 9.11. The van der Waals surface area contributed by atoms with Crippen LogP contribution in [0.25, 0.3) is 0 Å². The Balaban J connectivity index is 1.94. The van der Waals surface area contributed by atoms with Gasteiger partial charge >= 0.3 is 5.97 Å². The number of benzene rings is 2. The third kappa shape index (κ3) is 5.37. The van der Waals surface area contributed by atoms with Gasteiger partial charge in [0, 0.05) is 21.1 Å². The van der Waals surface area contributed by atoms with Crippen LogP contribution in [0, 0.1) is 17.0 Å². The number of esters is 1. The predicted molar refractivity (Wildman–Crippen MR) is 103 cm³/mol. The van der Waals surface area contributed by atoms with Gasteiger partial charge in [0.05, 0.1) is 17.0 Å². The number of hydrogen-bond donors (Lipinski definition) is 1. The molecular formula is C17H14Br2N2O5. The van der Waals surface area contributed by atoms with Crippen LogP contribution >= 0.6 is 31.9 Å². The zero-order valence-corrected chi connectivity index (χ0v) is 16.8. The highest BCUT2D eigenvalue weighted by Gasteiger charge is 2.17. The minimum Gasteiger partial charge on any atom is -0.455 e. The van der Waals surface area contributed by atoms with E-state index in [0.29, 0.717) is 14.6 Å². The first kappa shape index (κ1) is 20.1. The molecule has 0 heterocycles. The van der Waals surface area contributed by atoms with Gasteiger partial charge in [-0.2, -0.15) is 0 Å². The molecule has 0 aromatic heterocycles. The van der Waals surface area contributed by atoms with Crippen LogP contribution in [-0.2, 0) is 20.7 Å². The summed E-state index contributed by atoms with van der Waals surface area (Å²) in [5.41, 5.74) is 1.98. The summed E-state index contributed by atoms with van der Waals surface area (Å²) < 4.78 is 5.65. The molecule has 7 nitrogen and oxygen atoms in total. The van der Waals surface area contributed by atoms with Crippen molar-refractivity contribution in [2.75, 3.05) is 11.9 Å². The lowest BCUT2D eigenvalue weighted by Crippen LogP contribution is -2.22. The monoisotopic (exact) mass is 484 g/mol. The van der Waals surface area contributed by atoms with Gasteiger partial charge in [0.1, 0.15) is 0 Å². The molecule has 0 bridgehead atoms. The fraction of sp³-hybridized carbons (Fsp3) is 0.176. The second-order valence-corrected chi connectivity index (χ2v) is 7.06. The lowest BCUT2D eigenvalue weighted by Gasteiger charge is -2.10. The van der Waals surface area contributed by atoms with E-state index in [4.69, 9.17) is 4.74 Å². The van der Waals surface area contributed by atoms with E-state index < -0.39 is 23.4 Å². The average molecular weight is 486 g/mol. The van der Waals surface area contributed by atoms with Gasteiger partial charge in [-0.1, -0.05) is 24.3 Å². The molecular weight excluding hydrogens is 472 g/mol. The zero-order chi connectivity index (χ0) is 19.3. The third-order valence-corrected chi connectivity index (χ3v) is 4.71. The zero-order valence-electron chi connectivity index (χ0n) is 13.6. The van der Waals surface area contributed by atoms with Crippen molar-refractivity contribution >= 4 is 55.1 Å². The number of nitrogens with zero attached hydrogens (tertiary/aromatic N) is 1. The fourth-order valence-corrected chi connectivity index (χ4v) is 3.48. The van der Waals surface area contributed by atoms with Crippen LogP contribution in [0.1, 0.15) is 11.1 Å². The molecule has 2 aromatic carbocycles. The summed E-state index contributed by atoms with van der Waals surface area (Å²) >= 11 is 6.34. The molecule has 9 heteroatoms. The first-order chi connectivity index (χ1) is 12.3. The van der Waals surface area contributed by atoms with E-state index in [1.54, 1.807) is 0 Å². The summed E-state index contributed by atoms with van der Waals surface area (Å²) in [6.07, 6.45) is 0.0743. The molecule has 0 aliphatic heterocycles. The number of anilines is 1. The van der Waals surface area contributed by atoms with Gasteiger partial charge in [0.2, 0.25) is 0 Å². The molecule has 0 fully saturated rings. The molecule has 0 saturated carbocycles. The predicted octanol–water partition coefficient (Wildman–Crippen LogP) is 4.15. The van der Waals surface area contributed by atoms with Gasteiger partial charge in [0.25, 0.3) is 11.6 Å². The normalized spacial score (nSPS) is 10.3. The summed E-state index contributed by atoms with van der Waals surface area (Å²) in [6, 6.07) is 9.94. The molecule has 0 atom stereocenters. The minimum absolute atomic E-state index is 0.0743. The quantitative estimate of drug-likeness (QED) is 0.376. The molecule has 0 unspecified atom stereocenters. The molecule has 2 aromatic rings. The Morgan fingerprint density at radius 3 is 2.38 bits per heavy atom. The summed E-state index contributed by atoms with van der Waals surface area (Å²) in [5, 5.41) is 13.4. The van der Waals surface area contributed by atoms with E-state index in [9.17, 15) is 19.7 Å². The van der Waals surface area contributed by atoms with Gasteiger partial charge in [-0.25, -0.2) is 0 Å². The number of nitrogens with one attached hydrogen (secondary N) is 1. The second kappa shape index (κ2) is 8.91. The topological polar surface area (TPSA) is 98.5 Å². The van der Waals surface area contributed by atoms with Crippen LogP contribution in [0.5, 0.6) is 0 Å². The standard InChI is InChI=1S/C17H14Br2N2O5/c1-10-4-2-3-5-11(10)6-16(23)26-9-15(22)20-17-13(18)7-12(21(24)25)8-14(17)19/h2-5,7-8H,6,9H2,1H3,(H,20,22). The van der Waals surface area contributed by atoms with Crippen molar-refractivity contribution in [3.63, 3.8) is 0 Å². The number of rotatable bonds is 6. The smallest absolute Gasteiger partial charge is 0.310 e. The summed E-state index contributed by atoms with van der Waals surface area (Å²) in [6.45, 7) is 1.43. The second-order valence-electron chi connectivity index (χ2n) is 5.35. The number of nitro groups is 1. The van der Waals surface area contributed by atoms with Gasteiger partial charge < -0.3 is 10.1 Å². The molecule has 1 amide bonds. The lowest BCUT2D eigenvalue weighted by molar-refractivity contribution is -0.385. The van der Waals surface area contributed by atoms with Crippen LogP contribution < -0.4 is 5.32 Å². The lowest BCUT2D eigenvalue weighted by atomic mass is 10.1. The first-order valence-electron chi connectivity index (χ1n) is 7.41. The van der Waals surface area contributed by atoms with Crippen LogP contribution in [0.2, 0.25) is 0 Å². The Kier molecular flexibility index (Phi) is 6.87. The Morgan fingerprint density at radius 2 is 1.81 bits per heavy atom. The first-order valence-corrected chi connectivity index (χ1v) is 9.00. The fourth-order valence-electron chi connectivity index (χ4n) is 2.12. The number of nitro benzene ring substituents is 1. The van der Waals surface area contributed by atoms with Crippen LogP contribution in [-0.4, -0.2) is 23.4 Å². The van der Waals surface area contributed by atoms with Gasteiger partial charge in [0.15, 0.2) is 6.61 Å². The maximum absolute atomic E-state index is 12.0. The van der Waals surface area contributed by atoms with E-state index in [2.05, 4.69) is 37.2 Å².